The molecule has 0 aliphatic carbocycles. The zero-order valence-electron chi connectivity index (χ0n) is 12.2. The summed E-state index contributed by atoms with van der Waals surface area (Å²) in [6.45, 7) is 8.61. The van der Waals surface area contributed by atoms with Gasteiger partial charge in [0.15, 0.2) is 0 Å². The van der Waals surface area contributed by atoms with Crippen LogP contribution in [0.2, 0.25) is 0 Å². The molecule has 1 atom stereocenters. The van der Waals surface area contributed by atoms with Gasteiger partial charge in [-0.1, -0.05) is 13.3 Å². The average Bonchev–Trinajstić information content (AvgIpc) is 2.36. The molecule has 1 aromatic carbocycles. The highest BCUT2D eigenvalue weighted by atomic mass is 32.2. The molecule has 0 radical (unpaired) electrons. The Balaban J connectivity index is 2.57. The highest BCUT2D eigenvalue weighted by Gasteiger charge is 2.17. The van der Waals surface area contributed by atoms with Gasteiger partial charge in [0.25, 0.3) is 0 Å². The topological polar surface area (TPSA) is 38.7 Å². The minimum atomic E-state index is -1.21. The summed E-state index contributed by atoms with van der Waals surface area (Å²) in [6, 6.07) is 7.67. The Morgan fingerprint density at radius 2 is 1.89 bits per heavy atom. The van der Waals surface area contributed by atoms with E-state index in [1.807, 2.05) is 45.0 Å². The van der Waals surface area contributed by atoms with Gasteiger partial charge in [0.1, 0.15) is 16.7 Å². The fourth-order valence-corrected chi connectivity index (χ4v) is 1.78. The summed E-state index contributed by atoms with van der Waals surface area (Å²) in [5, 5.41) is 0. The van der Waals surface area contributed by atoms with Crippen molar-refractivity contribution in [3.05, 3.63) is 29.8 Å². The first kappa shape index (κ1) is 15.9. The zero-order chi connectivity index (χ0) is 14.3. The maximum absolute atomic E-state index is 11.8. The van der Waals surface area contributed by atoms with Gasteiger partial charge >= 0.3 is 0 Å². The molecule has 0 aliphatic heterocycles. The van der Waals surface area contributed by atoms with Crippen LogP contribution in [-0.4, -0.2) is 21.8 Å². The predicted molar refractivity (Wildman–Crippen MR) is 82.3 cm³/mol. The number of benzene rings is 1. The molecule has 0 saturated heterocycles. The van der Waals surface area contributed by atoms with Crippen LogP contribution >= 0.6 is 0 Å². The Kier molecular flexibility index (Phi) is 6.22. The molecule has 0 saturated carbocycles. The lowest BCUT2D eigenvalue weighted by Gasteiger charge is -2.12. The Hall–Kier alpha value is -1.16. The van der Waals surface area contributed by atoms with Gasteiger partial charge in [-0.05, 0) is 57.0 Å². The van der Waals surface area contributed by atoms with E-state index in [0.29, 0.717) is 0 Å². The van der Waals surface area contributed by atoms with Crippen LogP contribution in [0.25, 0.3) is 0 Å². The summed E-state index contributed by atoms with van der Waals surface area (Å²) in [5.74, 6) is 0.863. The van der Waals surface area contributed by atoms with Crippen molar-refractivity contribution in [3.63, 3.8) is 0 Å². The van der Waals surface area contributed by atoms with Crippen LogP contribution < -0.4 is 4.74 Å². The van der Waals surface area contributed by atoms with E-state index >= 15 is 0 Å². The smallest absolute Gasteiger partial charge is 0.144 e. The van der Waals surface area contributed by atoms with Gasteiger partial charge in [-0.15, -0.1) is 0 Å². The van der Waals surface area contributed by atoms with Gasteiger partial charge in [0.05, 0.1) is 11.4 Å². The Morgan fingerprint density at radius 1 is 1.26 bits per heavy atom. The Morgan fingerprint density at radius 3 is 2.42 bits per heavy atom. The molecule has 3 nitrogen and oxygen atoms in total. The van der Waals surface area contributed by atoms with Gasteiger partial charge in [0.2, 0.25) is 0 Å². The second-order valence-electron chi connectivity index (χ2n) is 5.37. The minimum absolute atomic E-state index is 0.320. The fourth-order valence-electron chi connectivity index (χ4n) is 1.25. The Labute approximate surface area is 118 Å². The first-order valence-electron chi connectivity index (χ1n) is 6.62. The molecular formula is C15H23NO2S. The van der Waals surface area contributed by atoms with Crippen LogP contribution in [0, 0.1) is 0 Å². The number of ether oxygens (including phenoxy) is 1. The quantitative estimate of drug-likeness (QED) is 0.588. The van der Waals surface area contributed by atoms with Crippen molar-refractivity contribution >= 4 is 17.2 Å². The maximum atomic E-state index is 11.8. The predicted octanol–water partition coefficient (Wildman–Crippen LogP) is 3.75. The van der Waals surface area contributed by atoms with Crippen molar-refractivity contribution in [1.82, 2.24) is 0 Å². The van der Waals surface area contributed by atoms with Crippen molar-refractivity contribution in [2.75, 3.05) is 6.61 Å². The van der Waals surface area contributed by atoms with E-state index in [0.717, 1.165) is 30.8 Å². The first-order valence-corrected chi connectivity index (χ1v) is 7.73. The third kappa shape index (κ3) is 6.01. The number of hydrogen-bond acceptors (Lipinski definition) is 2. The molecule has 0 heterocycles. The molecule has 0 spiro atoms. The fraction of sp³-hybridized carbons (Fsp3) is 0.533. The van der Waals surface area contributed by atoms with Crippen LogP contribution in [0.4, 0.5) is 0 Å². The van der Waals surface area contributed by atoms with E-state index in [1.165, 1.54) is 0 Å². The van der Waals surface area contributed by atoms with E-state index in [4.69, 9.17) is 4.74 Å². The second kappa shape index (κ2) is 7.43. The van der Waals surface area contributed by atoms with E-state index in [9.17, 15) is 4.21 Å². The van der Waals surface area contributed by atoms with Crippen LogP contribution in [0.3, 0.4) is 0 Å². The summed E-state index contributed by atoms with van der Waals surface area (Å²) in [5.41, 5.74) is 0.931. The van der Waals surface area contributed by atoms with Gasteiger partial charge < -0.3 is 4.74 Å². The highest BCUT2D eigenvalue weighted by molar-refractivity contribution is 7.85. The van der Waals surface area contributed by atoms with Gasteiger partial charge in [-0.25, -0.2) is 4.21 Å². The zero-order valence-corrected chi connectivity index (χ0v) is 13.0. The van der Waals surface area contributed by atoms with Crippen LogP contribution in [0.5, 0.6) is 5.75 Å². The molecule has 1 unspecified atom stereocenters. The standard InChI is InChI=1S/C15H23NO2S/c1-5-6-11-18-14-9-7-13(8-10-14)12-16-19(17)15(2,3)4/h7-10,12H,5-6,11H2,1-4H3. The van der Waals surface area contributed by atoms with E-state index in [2.05, 4.69) is 11.3 Å². The van der Waals surface area contributed by atoms with Gasteiger partial charge in [-0.3, -0.25) is 0 Å². The van der Waals surface area contributed by atoms with Crippen LogP contribution in [0.1, 0.15) is 46.1 Å². The largest absolute Gasteiger partial charge is 0.494 e. The lowest BCUT2D eigenvalue weighted by molar-refractivity contribution is 0.309. The molecule has 0 fully saturated rings. The number of hydrogen-bond donors (Lipinski definition) is 0. The lowest BCUT2D eigenvalue weighted by atomic mass is 10.2. The minimum Gasteiger partial charge on any atom is -0.494 e. The van der Waals surface area contributed by atoms with E-state index in [1.54, 1.807) is 6.21 Å². The normalized spacial score (nSPS) is 13.7. The summed E-state index contributed by atoms with van der Waals surface area (Å²) in [6.07, 6.45) is 3.84. The number of nitrogens with zero attached hydrogens (tertiary/aromatic N) is 1. The molecule has 0 N–H and O–H groups in total. The Bertz CT molecular complexity index is 432. The maximum Gasteiger partial charge on any atom is 0.144 e. The van der Waals surface area contributed by atoms with Crippen LogP contribution in [-0.2, 0) is 11.0 Å². The SMILES string of the molecule is CCCCOc1ccc(C=NS(=O)C(C)(C)C)cc1. The van der Waals surface area contributed by atoms with Crippen molar-refractivity contribution in [3.8, 4) is 5.75 Å². The van der Waals surface area contributed by atoms with Crippen molar-refractivity contribution in [2.45, 2.75) is 45.3 Å². The first-order chi connectivity index (χ1) is 8.93. The van der Waals surface area contributed by atoms with Crippen LogP contribution in [0.15, 0.2) is 28.7 Å². The molecule has 0 bridgehead atoms. The number of unbranched alkanes of at least 4 members (excludes halogenated alkanes) is 1. The summed E-state index contributed by atoms with van der Waals surface area (Å²) < 4.78 is 21.1. The highest BCUT2D eigenvalue weighted by Crippen LogP contribution is 2.14. The van der Waals surface area contributed by atoms with Crippen molar-refractivity contribution < 1.29 is 8.95 Å². The summed E-state index contributed by atoms with van der Waals surface area (Å²) >= 11 is 0. The molecular weight excluding hydrogens is 258 g/mol. The number of rotatable bonds is 6. The molecule has 0 aliphatic rings. The van der Waals surface area contributed by atoms with Crippen molar-refractivity contribution in [1.29, 1.82) is 0 Å². The van der Waals surface area contributed by atoms with Crippen molar-refractivity contribution in [2.24, 2.45) is 4.40 Å². The molecule has 0 aromatic heterocycles. The molecule has 4 heteroatoms. The third-order valence-electron chi connectivity index (χ3n) is 2.47. The van der Waals surface area contributed by atoms with Gasteiger partial charge in [0, 0.05) is 6.21 Å². The summed E-state index contributed by atoms with van der Waals surface area (Å²) in [7, 11) is -1.21. The molecule has 1 aromatic rings. The third-order valence-corrected chi connectivity index (χ3v) is 3.81. The van der Waals surface area contributed by atoms with E-state index in [-0.39, 0.29) is 4.75 Å². The average molecular weight is 281 g/mol. The lowest BCUT2D eigenvalue weighted by Crippen LogP contribution is -2.19. The van der Waals surface area contributed by atoms with E-state index < -0.39 is 11.0 Å². The second-order valence-corrected chi connectivity index (χ2v) is 7.30. The van der Waals surface area contributed by atoms with Gasteiger partial charge in [-0.2, -0.15) is 4.40 Å². The molecule has 19 heavy (non-hydrogen) atoms. The molecule has 0 amide bonds. The summed E-state index contributed by atoms with van der Waals surface area (Å²) in [4.78, 5) is 0. The molecule has 1 rings (SSSR count). The monoisotopic (exact) mass is 281 g/mol. The molecule has 106 valence electrons.